The molecule has 0 aliphatic heterocycles. The number of nitrogens with one attached hydrogen (secondary N) is 1. The first kappa shape index (κ1) is 9.91. The Bertz CT molecular complexity index is 468. The minimum atomic E-state index is 0.262. The second-order valence-electron chi connectivity index (χ2n) is 2.67. The lowest BCUT2D eigenvalue weighted by atomic mass is 10.2. The number of nitrogen functional groups attached to an aromatic ring is 1. The van der Waals surface area contributed by atoms with E-state index in [1.54, 1.807) is 0 Å². The van der Waals surface area contributed by atoms with Crippen molar-refractivity contribution in [2.75, 3.05) is 5.73 Å². The number of halogens is 2. The van der Waals surface area contributed by atoms with Gasteiger partial charge in [-0.3, -0.25) is 5.10 Å². The number of aromatic nitrogens is 3. The van der Waals surface area contributed by atoms with Gasteiger partial charge < -0.3 is 5.73 Å². The molecule has 0 radical (unpaired) electrons. The van der Waals surface area contributed by atoms with Gasteiger partial charge >= 0.3 is 0 Å². The molecule has 0 fully saturated rings. The van der Waals surface area contributed by atoms with Crippen LogP contribution in [0.3, 0.4) is 0 Å². The maximum absolute atomic E-state index is 5.42. The Morgan fingerprint density at radius 1 is 1.43 bits per heavy atom. The first-order valence-electron chi connectivity index (χ1n) is 3.80. The molecular formula is C8H6BrIN4. The minimum absolute atomic E-state index is 0.262. The summed E-state index contributed by atoms with van der Waals surface area (Å²) in [6, 6.07) is 5.92. The molecule has 1 heterocycles. The summed E-state index contributed by atoms with van der Waals surface area (Å²) < 4.78 is 2.18. The van der Waals surface area contributed by atoms with Gasteiger partial charge in [0.2, 0.25) is 5.95 Å². The maximum atomic E-state index is 5.42. The minimum Gasteiger partial charge on any atom is -0.366 e. The number of hydrogen-bond acceptors (Lipinski definition) is 3. The molecule has 2 aromatic rings. The topological polar surface area (TPSA) is 67.6 Å². The number of aromatic amines is 1. The highest BCUT2D eigenvalue weighted by molar-refractivity contribution is 14.1. The first-order chi connectivity index (χ1) is 6.66. The van der Waals surface area contributed by atoms with Crippen molar-refractivity contribution in [3.05, 3.63) is 26.2 Å². The van der Waals surface area contributed by atoms with Crippen molar-refractivity contribution in [2.24, 2.45) is 0 Å². The van der Waals surface area contributed by atoms with Crippen LogP contribution in [0.5, 0.6) is 0 Å². The molecule has 0 saturated heterocycles. The van der Waals surface area contributed by atoms with Gasteiger partial charge in [0, 0.05) is 13.6 Å². The zero-order valence-corrected chi connectivity index (χ0v) is 10.7. The van der Waals surface area contributed by atoms with E-state index in [4.69, 9.17) is 5.73 Å². The second-order valence-corrected chi connectivity index (χ2v) is 4.69. The van der Waals surface area contributed by atoms with Crippen molar-refractivity contribution < 1.29 is 0 Å². The summed E-state index contributed by atoms with van der Waals surface area (Å²) in [5, 5.41) is 6.54. The summed E-state index contributed by atoms with van der Waals surface area (Å²) in [6.45, 7) is 0. The molecule has 0 aliphatic carbocycles. The van der Waals surface area contributed by atoms with Crippen LogP contribution < -0.4 is 5.73 Å². The highest BCUT2D eigenvalue weighted by Gasteiger charge is 2.04. The van der Waals surface area contributed by atoms with Gasteiger partial charge in [-0.1, -0.05) is 6.07 Å². The average molecular weight is 365 g/mol. The van der Waals surface area contributed by atoms with Crippen LogP contribution in [0, 0.1) is 3.57 Å². The fourth-order valence-corrected chi connectivity index (χ4v) is 1.81. The SMILES string of the molecule is Nc1n[nH]c(-c2ccc(Br)c(I)c2)n1. The van der Waals surface area contributed by atoms with E-state index in [2.05, 4.69) is 53.7 Å². The molecule has 0 spiro atoms. The number of hydrogen-bond donors (Lipinski definition) is 2. The van der Waals surface area contributed by atoms with Crippen molar-refractivity contribution in [2.45, 2.75) is 0 Å². The molecule has 0 bridgehead atoms. The Morgan fingerprint density at radius 3 is 2.79 bits per heavy atom. The average Bonchev–Trinajstić information content (AvgIpc) is 2.57. The quantitative estimate of drug-likeness (QED) is 0.763. The predicted octanol–water partition coefficient (Wildman–Crippen LogP) is 2.42. The van der Waals surface area contributed by atoms with E-state index in [1.165, 1.54) is 0 Å². The number of anilines is 1. The predicted molar refractivity (Wildman–Crippen MR) is 66.6 cm³/mol. The van der Waals surface area contributed by atoms with Crippen LogP contribution in [-0.4, -0.2) is 15.2 Å². The van der Waals surface area contributed by atoms with Crippen molar-refractivity contribution in [3.8, 4) is 11.4 Å². The van der Waals surface area contributed by atoms with Crippen LogP contribution in [0.4, 0.5) is 5.95 Å². The van der Waals surface area contributed by atoms with Crippen LogP contribution >= 0.6 is 38.5 Å². The molecule has 2 rings (SSSR count). The van der Waals surface area contributed by atoms with Gasteiger partial charge in [-0.2, -0.15) is 4.98 Å². The summed E-state index contributed by atoms with van der Waals surface area (Å²) >= 11 is 5.67. The molecule has 14 heavy (non-hydrogen) atoms. The van der Waals surface area contributed by atoms with Crippen LogP contribution in [0.2, 0.25) is 0 Å². The lowest BCUT2D eigenvalue weighted by Gasteiger charge is -1.98. The summed E-state index contributed by atoms with van der Waals surface area (Å²) in [5.41, 5.74) is 6.39. The molecule has 1 aromatic carbocycles. The van der Waals surface area contributed by atoms with E-state index in [-0.39, 0.29) is 5.95 Å². The molecule has 0 atom stereocenters. The third-order valence-corrected chi connectivity index (χ3v) is 4.02. The smallest absolute Gasteiger partial charge is 0.239 e. The Morgan fingerprint density at radius 2 is 2.21 bits per heavy atom. The van der Waals surface area contributed by atoms with Gasteiger partial charge in [-0.05, 0) is 50.7 Å². The van der Waals surface area contributed by atoms with Gasteiger partial charge in [0.25, 0.3) is 0 Å². The fourth-order valence-electron chi connectivity index (χ4n) is 1.05. The Hall–Kier alpha value is -0.630. The van der Waals surface area contributed by atoms with Crippen molar-refractivity contribution in [1.82, 2.24) is 15.2 Å². The second kappa shape index (κ2) is 3.85. The number of rotatable bonds is 1. The van der Waals surface area contributed by atoms with Crippen LogP contribution in [-0.2, 0) is 0 Å². The number of nitrogens with two attached hydrogens (primary N) is 1. The van der Waals surface area contributed by atoms with Gasteiger partial charge in [-0.25, -0.2) is 0 Å². The molecule has 0 amide bonds. The Labute approximate surface area is 103 Å². The van der Waals surface area contributed by atoms with E-state index < -0.39 is 0 Å². The molecule has 0 unspecified atom stereocenters. The summed E-state index contributed by atoms with van der Waals surface area (Å²) in [6.07, 6.45) is 0. The molecular weight excluding hydrogens is 359 g/mol. The summed E-state index contributed by atoms with van der Waals surface area (Å²) in [4.78, 5) is 4.04. The van der Waals surface area contributed by atoms with E-state index in [0.29, 0.717) is 5.82 Å². The zero-order valence-electron chi connectivity index (χ0n) is 6.96. The lowest BCUT2D eigenvalue weighted by molar-refractivity contribution is 1.10. The van der Waals surface area contributed by atoms with Crippen molar-refractivity contribution in [3.63, 3.8) is 0 Å². The van der Waals surface area contributed by atoms with Gasteiger partial charge in [-0.15, -0.1) is 5.10 Å². The van der Waals surface area contributed by atoms with Gasteiger partial charge in [0.1, 0.15) is 0 Å². The van der Waals surface area contributed by atoms with Crippen molar-refractivity contribution in [1.29, 1.82) is 0 Å². The third kappa shape index (κ3) is 1.90. The van der Waals surface area contributed by atoms with Gasteiger partial charge in [0.05, 0.1) is 0 Å². The normalized spacial score (nSPS) is 10.4. The summed E-state index contributed by atoms with van der Waals surface area (Å²) in [7, 11) is 0. The standard InChI is InChI=1S/C8H6BrIN4/c9-5-2-1-4(3-6(5)10)7-12-8(11)14-13-7/h1-3H,(H3,11,12,13,14). The van der Waals surface area contributed by atoms with E-state index in [0.717, 1.165) is 13.6 Å². The number of nitrogens with zero attached hydrogens (tertiary/aromatic N) is 2. The molecule has 0 aliphatic rings. The molecule has 72 valence electrons. The largest absolute Gasteiger partial charge is 0.366 e. The number of benzene rings is 1. The highest BCUT2D eigenvalue weighted by atomic mass is 127. The van der Waals surface area contributed by atoms with E-state index in [1.807, 2.05) is 18.2 Å². The maximum Gasteiger partial charge on any atom is 0.239 e. The van der Waals surface area contributed by atoms with Crippen LogP contribution in [0.1, 0.15) is 0 Å². The Kier molecular flexibility index (Phi) is 2.73. The highest BCUT2D eigenvalue weighted by Crippen LogP contribution is 2.24. The van der Waals surface area contributed by atoms with E-state index in [9.17, 15) is 0 Å². The molecule has 1 aromatic heterocycles. The summed E-state index contributed by atoms with van der Waals surface area (Å²) in [5.74, 6) is 0.950. The van der Waals surface area contributed by atoms with Crippen LogP contribution in [0.15, 0.2) is 22.7 Å². The molecule has 4 nitrogen and oxygen atoms in total. The molecule has 3 N–H and O–H groups in total. The molecule has 0 saturated carbocycles. The monoisotopic (exact) mass is 364 g/mol. The van der Waals surface area contributed by atoms with Crippen LogP contribution in [0.25, 0.3) is 11.4 Å². The third-order valence-electron chi connectivity index (χ3n) is 1.70. The first-order valence-corrected chi connectivity index (χ1v) is 5.67. The Balaban J connectivity index is 2.47. The van der Waals surface area contributed by atoms with E-state index >= 15 is 0 Å². The van der Waals surface area contributed by atoms with Crippen molar-refractivity contribution >= 4 is 44.5 Å². The van der Waals surface area contributed by atoms with Gasteiger partial charge in [0.15, 0.2) is 5.82 Å². The number of H-pyrrole nitrogens is 1. The fraction of sp³-hybridized carbons (Fsp3) is 0. The molecule has 6 heteroatoms. The zero-order chi connectivity index (χ0) is 10.1. The lowest BCUT2D eigenvalue weighted by Crippen LogP contribution is -1.86.